The van der Waals surface area contributed by atoms with Gasteiger partial charge in [-0.2, -0.15) is 10.4 Å². The minimum Gasteiger partial charge on any atom is -0.495 e. The van der Waals surface area contributed by atoms with E-state index in [4.69, 9.17) is 10.00 Å². The van der Waals surface area contributed by atoms with E-state index in [9.17, 15) is 9.18 Å². The second-order valence-corrected chi connectivity index (χ2v) is 5.73. The van der Waals surface area contributed by atoms with Crippen LogP contribution in [0.3, 0.4) is 0 Å². The van der Waals surface area contributed by atoms with Crippen LogP contribution in [0.1, 0.15) is 28.0 Å². The molecule has 27 heavy (non-hydrogen) atoms. The summed E-state index contributed by atoms with van der Waals surface area (Å²) in [5.41, 5.74) is 2.50. The Bertz CT molecular complexity index is 1030. The highest BCUT2D eigenvalue weighted by Gasteiger charge is 2.18. The first kappa shape index (κ1) is 18.1. The summed E-state index contributed by atoms with van der Waals surface area (Å²) < 4.78 is 18.5. The van der Waals surface area contributed by atoms with E-state index in [1.807, 2.05) is 12.1 Å². The molecule has 0 fully saturated rings. The number of nitrogens with one attached hydrogen (secondary N) is 2. The number of benzene rings is 2. The number of carbonyl (C=O) groups is 1. The number of methoxy groups -OCH3 is 1. The van der Waals surface area contributed by atoms with Gasteiger partial charge in [0.1, 0.15) is 11.6 Å². The minimum absolute atomic E-state index is 0.230. The lowest BCUT2D eigenvalue weighted by molar-refractivity contribution is 0.0952. The quantitative estimate of drug-likeness (QED) is 0.655. The van der Waals surface area contributed by atoms with E-state index < -0.39 is 0 Å². The van der Waals surface area contributed by atoms with Crippen molar-refractivity contribution < 1.29 is 13.9 Å². The Morgan fingerprint density at radius 2 is 2.07 bits per heavy atom. The van der Waals surface area contributed by atoms with Crippen molar-refractivity contribution in [1.82, 2.24) is 15.5 Å². The van der Waals surface area contributed by atoms with Crippen LogP contribution in [0.25, 0.3) is 23.1 Å². The zero-order chi connectivity index (χ0) is 19.2. The predicted molar refractivity (Wildman–Crippen MR) is 101 cm³/mol. The van der Waals surface area contributed by atoms with Gasteiger partial charge in [0.2, 0.25) is 0 Å². The lowest BCUT2D eigenvalue weighted by atomic mass is 10.1. The van der Waals surface area contributed by atoms with Gasteiger partial charge in [0, 0.05) is 6.54 Å². The highest BCUT2D eigenvalue weighted by molar-refractivity contribution is 6.05. The third kappa shape index (κ3) is 3.96. The number of amides is 1. The molecule has 0 saturated carbocycles. The number of hydrogen-bond donors (Lipinski definition) is 2. The van der Waals surface area contributed by atoms with Gasteiger partial charge in [-0.3, -0.25) is 9.89 Å². The summed E-state index contributed by atoms with van der Waals surface area (Å²) in [4.78, 5) is 12.4. The van der Waals surface area contributed by atoms with Crippen molar-refractivity contribution in [3.05, 3.63) is 59.0 Å². The van der Waals surface area contributed by atoms with E-state index in [1.165, 1.54) is 19.2 Å². The van der Waals surface area contributed by atoms with Crippen LogP contribution in [-0.4, -0.2) is 29.8 Å². The summed E-state index contributed by atoms with van der Waals surface area (Å²) in [6.45, 7) is 0.263. The third-order valence-corrected chi connectivity index (χ3v) is 3.99. The van der Waals surface area contributed by atoms with Crippen molar-refractivity contribution in [2.24, 2.45) is 0 Å². The lowest BCUT2D eigenvalue weighted by Gasteiger charge is -2.10. The second-order valence-electron chi connectivity index (χ2n) is 5.73. The van der Waals surface area contributed by atoms with Crippen molar-refractivity contribution in [2.75, 3.05) is 13.7 Å². The van der Waals surface area contributed by atoms with E-state index in [2.05, 4.69) is 15.5 Å². The van der Waals surface area contributed by atoms with Crippen LogP contribution in [0.15, 0.2) is 36.4 Å². The summed E-state index contributed by atoms with van der Waals surface area (Å²) in [5.74, 6) is -0.221. The maximum absolute atomic E-state index is 13.0. The number of nitrogens with zero attached hydrogens (tertiary/aromatic N) is 2. The Morgan fingerprint density at radius 1 is 1.30 bits per heavy atom. The van der Waals surface area contributed by atoms with Crippen LogP contribution in [0.2, 0.25) is 0 Å². The van der Waals surface area contributed by atoms with Crippen LogP contribution in [0, 0.1) is 17.1 Å². The number of aromatic amines is 1. The summed E-state index contributed by atoms with van der Waals surface area (Å²) in [7, 11) is 1.49. The Kier molecular flexibility index (Phi) is 5.47. The predicted octanol–water partition coefficient (Wildman–Crippen LogP) is 3.52. The molecule has 0 aliphatic carbocycles. The van der Waals surface area contributed by atoms with Crippen molar-refractivity contribution in [2.45, 2.75) is 6.42 Å². The molecule has 0 unspecified atom stereocenters. The van der Waals surface area contributed by atoms with Crippen LogP contribution >= 0.6 is 0 Å². The molecular formula is C20H17FN4O2. The molecular weight excluding hydrogens is 347 g/mol. The van der Waals surface area contributed by atoms with Crippen molar-refractivity contribution in [3.63, 3.8) is 0 Å². The van der Waals surface area contributed by atoms with Gasteiger partial charge in [-0.15, -0.1) is 0 Å². The van der Waals surface area contributed by atoms with Crippen LogP contribution in [0.5, 0.6) is 5.75 Å². The molecule has 7 heteroatoms. The largest absolute Gasteiger partial charge is 0.495 e. The van der Waals surface area contributed by atoms with Gasteiger partial charge < -0.3 is 10.1 Å². The van der Waals surface area contributed by atoms with E-state index in [1.54, 1.807) is 30.3 Å². The zero-order valence-electron chi connectivity index (χ0n) is 14.6. The molecule has 1 amide bonds. The summed E-state index contributed by atoms with van der Waals surface area (Å²) in [5, 5.41) is 19.1. The fourth-order valence-electron chi connectivity index (χ4n) is 2.69. The van der Waals surface area contributed by atoms with Gasteiger partial charge in [0.25, 0.3) is 5.91 Å². The molecule has 1 aromatic heterocycles. The average molecular weight is 364 g/mol. The van der Waals surface area contributed by atoms with Gasteiger partial charge in [0.15, 0.2) is 0 Å². The molecule has 2 N–H and O–H groups in total. The summed E-state index contributed by atoms with van der Waals surface area (Å²) in [6, 6.07) is 11.4. The molecule has 0 bridgehead atoms. The molecule has 1 heterocycles. The number of nitriles is 1. The normalized spacial score (nSPS) is 10.9. The fourth-order valence-corrected chi connectivity index (χ4v) is 2.69. The van der Waals surface area contributed by atoms with E-state index in [0.717, 1.165) is 5.56 Å². The Labute approximate surface area is 155 Å². The zero-order valence-corrected chi connectivity index (χ0v) is 14.6. The second kappa shape index (κ2) is 8.15. The van der Waals surface area contributed by atoms with Gasteiger partial charge in [-0.05, 0) is 35.9 Å². The number of hydrogen-bond acceptors (Lipinski definition) is 4. The fraction of sp³-hybridized carbons (Fsp3) is 0.150. The van der Waals surface area contributed by atoms with Crippen molar-refractivity contribution in [3.8, 4) is 11.8 Å². The SMILES string of the molecule is COc1c(C(=O)NCCC#N)ccc2n[nH]c(/C=C/c3ccc(F)cc3)c12. The molecule has 0 saturated heterocycles. The third-order valence-electron chi connectivity index (χ3n) is 3.99. The Morgan fingerprint density at radius 3 is 2.78 bits per heavy atom. The number of rotatable bonds is 6. The smallest absolute Gasteiger partial charge is 0.255 e. The van der Waals surface area contributed by atoms with E-state index in [-0.39, 0.29) is 24.7 Å². The minimum atomic E-state index is -0.321. The number of H-pyrrole nitrogens is 1. The maximum atomic E-state index is 13.0. The molecule has 3 aromatic rings. The van der Waals surface area contributed by atoms with Crippen molar-refractivity contribution >= 4 is 29.0 Å². The first-order valence-electron chi connectivity index (χ1n) is 8.28. The molecule has 0 spiro atoms. The van der Waals surface area contributed by atoms with E-state index in [0.29, 0.717) is 27.9 Å². The molecule has 0 aliphatic heterocycles. The maximum Gasteiger partial charge on any atom is 0.255 e. The number of fused-ring (bicyclic) bond motifs is 1. The molecule has 0 radical (unpaired) electrons. The molecule has 2 aromatic carbocycles. The highest BCUT2D eigenvalue weighted by atomic mass is 19.1. The molecule has 6 nitrogen and oxygen atoms in total. The molecule has 0 atom stereocenters. The summed E-state index contributed by atoms with van der Waals surface area (Å²) in [6.07, 6.45) is 3.83. The lowest BCUT2D eigenvalue weighted by Crippen LogP contribution is -2.24. The van der Waals surface area contributed by atoms with Gasteiger partial charge >= 0.3 is 0 Å². The average Bonchev–Trinajstić information content (AvgIpc) is 3.10. The highest BCUT2D eigenvalue weighted by Crippen LogP contribution is 2.32. The summed E-state index contributed by atoms with van der Waals surface area (Å²) >= 11 is 0. The van der Waals surface area contributed by atoms with Gasteiger partial charge in [0.05, 0.1) is 41.8 Å². The number of ether oxygens (including phenoxy) is 1. The standard InChI is InChI=1S/C20H17FN4O2/c1-27-19-15(20(26)23-12-2-11-22)8-10-17-18(19)16(24-25-17)9-5-13-3-6-14(21)7-4-13/h3-10H,2,12H2,1H3,(H,23,26)(H,24,25)/b9-5+. The van der Waals surface area contributed by atoms with Gasteiger partial charge in [-0.25, -0.2) is 4.39 Å². The molecule has 3 rings (SSSR count). The van der Waals surface area contributed by atoms with Gasteiger partial charge in [-0.1, -0.05) is 18.2 Å². The van der Waals surface area contributed by atoms with Crippen LogP contribution < -0.4 is 10.1 Å². The van der Waals surface area contributed by atoms with Crippen LogP contribution in [-0.2, 0) is 0 Å². The Hall–Kier alpha value is -3.66. The molecule has 0 aliphatic rings. The first-order valence-corrected chi connectivity index (χ1v) is 8.28. The topological polar surface area (TPSA) is 90.8 Å². The number of halogens is 1. The van der Waals surface area contributed by atoms with E-state index >= 15 is 0 Å². The number of carbonyl (C=O) groups excluding carboxylic acids is 1. The molecule has 136 valence electrons. The van der Waals surface area contributed by atoms with Crippen LogP contribution in [0.4, 0.5) is 4.39 Å². The number of aromatic nitrogens is 2. The van der Waals surface area contributed by atoms with Crippen molar-refractivity contribution in [1.29, 1.82) is 5.26 Å². The first-order chi connectivity index (χ1) is 13.1. The monoisotopic (exact) mass is 364 g/mol. The Balaban J connectivity index is 1.97.